The minimum Gasteiger partial charge on any atom is -0.427 e. The van der Waals surface area contributed by atoms with Crippen LogP contribution >= 0.6 is 0 Å². The van der Waals surface area contributed by atoms with Crippen molar-refractivity contribution in [2.45, 2.75) is 55.7 Å². The van der Waals surface area contributed by atoms with Gasteiger partial charge in [-0.15, -0.1) is 0 Å². The second kappa shape index (κ2) is 8.10. The van der Waals surface area contributed by atoms with Crippen LogP contribution in [0, 0.1) is 0 Å². The van der Waals surface area contributed by atoms with Crippen LogP contribution in [0.15, 0.2) is 24.3 Å². The summed E-state index contributed by atoms with van der Waals surface area (Å²) in [7, 11) is 0.691. The van der Waals surface area contributed by atoms with Crippen molar-refractivity contribution in [3.8, 4) is 5.75 Å². The normalized spacial score (nSPS) is 16.1. The highest BCUT2D eigenvalue weighted by Gasteiger charge is 2.87. The highest BCUT2D eigenvalue weighted by Crippen LogP contribution is 2.59. The standard InChI is InChI=1S/C17H15F11O3/c1-9(29)31-11-6-4-10(5-7-11)12(2,30-3)8-13(18,19)14(20,21)15(22,23)16(24,25)17(26,27)28/h4-7H,8H2,1-3H3. The van der Waals surface area contributed by atoms with Crippen molar-refractivity contribution in [3.05, 3.63) is 29.8 Å². The van der Waals surface area contributed by atoms with Gasteiger partial charge in [0.1, 0.15) is 5.75 Å². The highest BCUT2D eigenvalue weighted by atomic mass is 19.4. The number of hydrogen-bond acceptors (Lipinski definition) is 3. The summed E-state index contributed by atoms with van der Waals surface area (Å²) < 4.78 is 155. The molecule has 0 saturated carbocycles. The number of rotatable bonds is 8. The number of benzene rings is 1. The Morgan fingerprint density at radius 3 is 1.61 bits per heavy atom. The van der Waals surface area contributed by atoms with E-state index < -0.39 is 47.9 Å². The Bertz CT molecular complexity index is 788. The predicted molar refractivity (Wildman–Crippen MR) is 82.6 cm³/mol. The van der Waals surface area contributed by atoms with Gasteiger partial charge in [0.15, 0.2) is 0 Å². The molecule has 0 fully saturated rings. The lowest BCUT2D eigenvalue weighted by atomic mass is 9.85. The average molecular weight is 476 g/mol. The first-order valence-corrected chi connectivity index (χ1v) is 8.08. The summed E-state index contributed by atoms with van der Waals surface area (Å²) >= 11 is 0. The van der Waals surface area contributed by atoms with Crippen LogP contribution in [0.25, 0.3) is 0 Å². The van der Waals surface area contributed by atoms with E-state index in [2.05, 4.69) is 9.47 Å². The smallest absolute Gasteiger partial charge is 0.427 e. The van der Waals surface area contributed by atoms with Gasteiger partial charge >= 0.3 is 35.8 Å². The Balaban J connectivity index is 3.36. The molecule has 1 atom stereocenters. The molecule has 178 valence electrons. The van der Waals surface area contributed by atoms with Crippen molar-refractivity contribution >= 4 is 5.97 Å². The molecule has 0 aromatic heterocycles. The molecule has 1 unspecified atom stereocenters. The summed E-state index contributed by atoms with van der Waals surface area (Å²) in [5.41, 5.74) is -2.93. The highest BCUT2D eigenvalue weighted by molar-refractivity contribution is 5.69. The summed E-state index contributed by atoms with van der Waals surface area (Å²) in [5, 5.41) is 0. The Morgan fingerprint density at radius 2 is 1.26 bits per heavy atom. The van der Waals surface area contributed by atoms with Gasteiger partial charge in [-0.2, -0.15) is 48.3 Å². The van der Waals surface area contributed by atoms with E-state index in [1.165, 1.54) is 0 Å². The van der Waals surface area contributed by atoms with Crippen LogP contribution in [0.4, 0.5) is 48.3 Å². The zero-order valence-corrected chi connectivity index (χ0v) is 15.9. The number of esters is 1. The van der Waals surface area contributed by atoms with Crippen molar-refractivity contribution < 1.29 is 62.6 Å². The average Bonchev–Trinajstić information content (AvgIpc) is 2.59. The quantitative estimate of drug-likeness (QED) is 0.264. The molecule has 0 aliphatic heterocycles. The van der Waals surface area contributed by atoms with Gasteiger partial charge in [-0.05, 0) is 24.6 Å². The maximum Gasteiger partial charge on any atom is 0.460 e. The fraction of sp³-hybridized carbons (Fsp3) is 0.588. The van der Waals surface area contributed by atoms with E-state index in [1.54, 1.807) is 0 Å². The number of alkyl halides is 11. The molecule has 0 bridgehead atoms. The number of hydrogen-bond donors (Lipinski definition) is 0. The molecule has 1 rings (SSSR count). The molecule has 1 aromatic carbocycles. The molecule has 0 N–H and O–H groups in total. The van der Waals surface area contributed by atoms with Gasteiger partial charge in [0.2, 0.25) is 0 Å². The van der Waals surface area contributed by atoms with Crippen LogP contribution in [0.5, 0.6) is 5.75 Å². The molecule has 0 spiro atoms. The fourth-order valence-electron chi connectivity index (χ4n) is 2.47. The van der Waals surface area contributed by atoms with Crippen LogP contribution < -0.4 is 4.74 Å². The molecule has 31 heavy (non-hydrogen) atoms. The lowest BCUT2D eigenvalue weighted by Gasteiger charge is -2.40. The summed E-state index contributed by atoms with van der Waals surface area (Å²) in [4.78, 5) is 10.9. The Labute approximate surface area is 168 Å². The Kier molecular flexibility index (Phi) is 7.03. The van der Waals surface area contributed by atoms with Gasteiger partial charge in [-0.3, -0.25) is 4.79 Å². The minimum absolute atomic E-state index is 0.122. The van der Waals surface area contributed by atoms with Crippen LogP contribution in [0.2, 0.25) is 0 Å². The van der Waals surface area contributed by atoms with Gasteiger partial charge in [-0.1, -0.05) is 12.1 Å². The van der Waals surface area contributed by atoms with Crippen molar-refractivity contribution in [3.63, 3.8) is 0 Å². The Morgan fingerprint density at radius 1 is 0.806 bits per heavy atom. The van der Waals surface area contributed by atoms with Gasteiger partial charge in [-0.25, -0.2) is 0 Å². The first kappa shape index (κ1) is 26.9. The van der Waals surface area contributed by atoms with Crippen molar-refractivity contribution in [2.75, 3.05) is 7.11 Å². The van der Waals surface area contributed by atoms with E-state index >= 15 is 0 Å². The third-order valence-electron chi connectivity index (χ3n) is 4.34. The molecule has 0 aliphatic carbocycles. The summed E-state index contributed by atoms with van der Waals surface area (Å²) in [6.45, 7) is 1.71. The van der Waals surface area contributed by atoms with E-state index in [9.17, 15) is 53.1 Å². The van der Waals surface area contributed by atoms with E-state index in [1.807, 2.05) is 0 Å². The van der Waals surface area contributed by atoms with E-state index in [0.717, 1.165) is 31.2 Å². The largest absolute Gasteiger partial charge is 0.460 e. The molecular formula is C17H15F11O3. The van der Waals surface area contributed by atoms with Gasteiger partial charge in [0.25, 0.3) is 0 Å². The van der Waals surface area contributed by atoms with Gasteiger partial charge in [0, 0.05) is 14.0 Å². The zero-order valence-electron chi connectivity index (χ0n) is 15.9. The second-order valence-electron chi connectivity index (χ2n) is 6.66. The van der Waals surface area contributed by atoms with Crippen molar-refractivity contribution in [1.29, 1.82) is 0 Å². The first-order valence-electron chi connectivity index (χ1n) is 8.08. The van der Waals surface area contributed by atoms with E-state index in [0.29, 0.717) is 14.0 Å². The maximum absolute atomic E-state index is 14.2. The number of halogens is 11. The molecule has 0 amide bonds. The topological polar surface area (TPSA) is 35.5 Å². The summed E-state index contributed by atoms with van der Waals surface area (Å²) in [5.74, 6) is -29.1. The zero-order chi connectivity index (χ0) is 24.7. The number of ether oxygens (including phenoxy) is 2. The molecule has 0 aliphatic rings. The minimum atomic E-state index is -7.49. The number of methoxy groups -OCH3 is 1. The van der Waals surface area contributed by atoms with Crippen LogP contribution in [-0.4, -0.2) is 42.9 Å². The monoisotopic (exact) mass is 476 g/mol. The predicted octanol–water partition coefficient (Wildman–Crippen LogP) is 5.97. The van der Waals surface area contributed by atoms with Gasteiger partial charge < -0.3 is 9.47 Å². The maximum atomic E-state index is 14.2. The van der Waals surface area contributed by atoms with E-state index in [-0.39, 0.29) is 11.3 Å². The third-order valence-corrected chi connectivity index (χ3v) is 4.34. The van der Waals surface area contributed by atoms with Crippen LogP contribution in [0.1, 0.15) is 25.8 Å². The SMILES string of the molecule is COC(C)(CC(F)(F)C(F)(F)C(F)(F)C(F)(F)C(F)(F)F)c1ccc(OC(C)=O)cc1. The first-order chi connectivity index (χ1) is 13.7. The molecule has 0 saturated heterocycles. The number of carbonyl (C=O) groups excluding carboxylic acids is 1. The Hall–Kier alpha value is -2.12. The molecule has 14 heteroatoms. The number of carbonyl (C=O) groups is 1. The summed E-state index contributed by atoms with van der Waals surface area (Å²) in [6.07, 6.45) is -9.63. The molecule has 0 heterocycles. The lowest BCUT2D eigenvalue weighted by Crippen LogP contribution is -2.67. The fourth-order valence-corrected chi connectivity index (χ4v) is 2.47. The van der Waals surface area contributed by atoms with Crippen LogP contribution in [0.3, 0.4) is 0 Å². The second-order valence-corrected chi connectivity index (χ2v) is 6.66. The molecule has 3 nitrogen and oxygen atoms in total. The van der Waals surface area contributed by atoms with Crippen LogP contribution in [-0.2, 0) is 15.1 Å². The van der Waals surface area contributed by atoms with Gasteiger partial charge in [0.05, 0.1) is 12.0 Å². The van der Waals surface area contributed by atoms with Crippen molar-refractivity contribution in [1.82, 2.24) is 0 Å². The lowest BCUT2D eigenvalue weighted by molar-refractivity contribution is -0.424. The molecule has 0 radical (unpaired) electrons. The van der Waals surface area contributed by atoms with Crippen molar-refractivity contribution in [2.24, 2.45) is 0 Å². The third kappa shape index (κ3) is 4.72. The summed E-state index contributed by atoms with van der Waals surface area (Å²) in [6, 6.07) is 3.82. The molecular weight excluding hydrogens is 461 g/mol. The van der Waals surface area contributed by atoms with E-state index in [4.69, 9.17) is 0 Å². The molecule has 1 aromatic rings.